The monoisotopic (exact) mass is 290 g/mol. The zero-order valence-corrected chi connectivity index (χ0v) is 11.7. The molecule has 3 N–H and O–H groups in total. The van der Waals surface area contributed by atoms with E-state index in [2.05, 4.69) is 31.4 Å². The van der Waals surface area contributed by atoms with Crippen LogP contribution >= 0.6 is 12.2 Å². The first kappa shape index (κ1) is 15.8. The summed E-state index contributed by atoms with van der Waals surface area (Å²) in [6.07, 6.45) is -3.45. The van der Waals surface area contributed by atoms with E-state index in [1.807, 2.05) is 0 Å². The second-order valence-corrected chi connectivity index (χ2v) is 4.96. The minimum Gasteiger partial charge on any atom is -0.389 e. The van der Waals surface area contributed by atoms with Crippen molar-refractivity contribution in [3.8, 4) is 0 Å². The van der Waals surface area contributed by atoms with Gasteiger partial charge in [0.05, 0.1) is 5.56 Å². The lowest BCUT2D eigenvalue weighted by atomic mass is 10.1. The van der Waals surface area contributed by atoms with Gasteiger partial charge in [0.15, 0.2) is 0 Å². The maximum absolute atomic E-state index is 12.8. The molecule has 0 aliphatic rings. The van der Waals surface area contributed by atoms with Crippen molar-refractivity contribution in [1.82, 2.24) is 0 Å². The molecule has 1 atom stereocenters. The average molecular weight is 290 g/mol. The van der Waals surface area contributed by atoms with Gasteiger partial charge in [0.1, 0.15) is 4.99 Å². The number of anilines is 1. The number of nitrogens with one attached hydrogen (secondary N) is 1. The highest BCUT2D eigenvalue weighted by molar-refractivity contribution is 7.80. The zero-order valence-electron chi connectivity index (χ0n) is 10.8. The van der Waals surface area contributed by atoms with Crippen molar-refractivity contribution < 1.29 is 13.2 Å². The second kappa shape index (κ2) is 6.23. The number of halogens is 3. The Balaban J connectivity index is 3.00. The predicted molar refractivity (Wildman–Crippen MR) is 75.3 cm³/mol. The van der Waals surface area contributed by atoms with Gasteiger partial charge in [0, 0.05) is 17.8 Å². The van der Waals surface area contributed by atoms with E-state index in [4.69, 9.17) is 5.73 Å². The maximum atomic E-state index is 12.8. The van der Waals surface area contributed by atoms with Gasteiger partial charge in [-0.3, -0.25) is 0 Å². The number of alkyl halides is 3. The Morgan fingerprint density at radius 3 is 2.53 bits per heavy atom. The Bertz CT molecular complexity index is 458. The van der Waals surface area contributed by atoms with Crippen LogP contribution in [0.3, 0.4) is 0 Å². The van der Waals surface area contributed by atoms with Crippen LogP contribution in [0.5, 0.6) is 0 Å². The number of thiocarbonyl (C=S) groups is 1. The molecule has 0 saturated carbocycles. The number of hydrogen-bond acceptors (Lipinski definition) is 2. The van der Waals surface area contributed by atoms with Crippen LogP contribution in [0.2, 0.25) is 0 Å². The van der Waals surface area contributed by atoms with Crippen LogP contribution in [-0.4, -0.2) is 11.5 Å². The molecular weight excluding hydrogens is 273 g/mol. The van der Waals surface area contributed by atoms with Crippen molar-refractivity contribution in [2.45, 2.75) is 26.4 Å². The molecule has 106 valence electrons. The Labute approximate surface area is 116 Å². The molecule has 2 nitrogen and oxygen atoms in total. The summed E-state index contributed by atoms with van der Waals surface area (Å²) in [4.78, 5) is -0.250. The second-order valence-electron chi connectivity index (χ2n) is 4.52. The predicted octanol–water partition coefficient (Wildman–Crippen LogP) is 3.80. The van der Waals surface area contributed by atoms with Crippen molar-refractivity contribution in [3.63, 3.8) is 0 Å². The summed E-state index contributed by atoms with van der Waals surface area (Å²) in [5.74, 6) is 0.440. The molecule has 0 aliphatic heterocycles. The lowest BCUT2D eigenvalue weighted by molar-refractivity contribution is -0.137. The smallest absolute Gasteiger partial charge is 0.389 e. The van der Waals surface area contributed by atoms with Crippen LogP contribution in [0.1, 0.15) is 31.4 Å². The Morgan fingerprint density at radius 2 is 2.05 bits per heavy atom. The molecule has 19 heavy (non-hydrogen) atoms. The van der Waals surface area contributed by atoms with Crippen LogP contribution in [-0.2, 0) is 6.18 Å². The SMILES string of the molecule is CCC(C)CNc1ccc(C(F)(F)F)c(C(N)=S)c1. The summed E-state index contributed by atoms with van der Waals surface area (Å²) in [7, 11) is 0. The van der Waals surface area contributed by atoms with Crippen LogP contribution in [0.4, 0.5) is 18.9 Å². The molecule has 6 heteroatoms. The lowest BCUT2D eigenvalue weighted by Gasteiger charge is -2.16. The van der Waals surface area contributed by atoms with Gasteiger partial charge in [-0.25, -0.2) is 0 Å². The molecule has 1 aromatic carbocycles. The number of hydrogen-bond donors (Lipinski definition) is 2. The van der Waals surface area contributed by atoms with Gasteiger partial charge in [-0.15, -0.1) is 0 Å². The normalized spacial score (nSPS) is 13.1. The fourth-order valence-corrected chi connectivity index (χ4v) is 1.71. The van der Waals surface area contributed by atoms with E-state index >= 15 is 0 Å². The van der Waals surface area contributed by atoms with Crippen LogP contribution in [0, 0.1) is 5.92 Å². The van der Waals surface area contributed by atoms with Crippen LogP contribution in [0.15, 0.2) is 18.2 Å². The Morgan fingerprint density at radius 1 is 1.42 bits per heavy atom. The van der Waals surface area contributed by atoms with E-state index in [0.29, 0.717) is 18.2 Å². The van der Waals surface area contributed by atoms with E-state index < -0.39 is 11.7 Å². The summed E-state index contributed by atoms with van der Waals surface area (Å²) in [5.41, 5.74) is 5.02. The minimum absolute atomic E-state index is 0.142. The molecule has 1 aromatic rings. The summed E-state index contributed by atoms with van der Waals surface area (Å²) < 4.78 is 38.3. The molecule has 0 heterocycles. The van der Waals surface area contributed by atoms with E-state index in [-0.39, 0.29) is 10.6 Å². The highest BCUT2D eigenvalue weighted by atomic mass is 32.1. The summed E-state index contributed by atoms with van der Waals surface area (Å²) in [6.45, 7) is 4.81. The van der Waals surface area contributed by atoms with Crippen molar-refractivity contribution in [1.29, 1.82) is 0 Å². The molecule has 0 amide bonds. The van der Waals surface area contributed by atoms with Gasteiger partial charge < -0.3 is 11.1 Å². The van der Waals surface area contributed by atoms with Gasteiger partial charge in [0.25, 0.3) is 0 Å². The maximum Gasteiger partial charge on any atom is 0.417 e. The van der Waals surface area contributed by atoms with E-state index in [9.17, 15) is 13.2 Å². The largest absolute Gasteiger partial charge is 0.417 e. The highest BCUT2D eigenvalue weighted by Gasteiger charge is 2.34. The fraction of sp³-hybridized carbons (Fsp3) is 0.462. The van der Waals surface area contributed by atoms with Crippen molar-refractivity contribution in [3.05, 3.63) is 29.3 Å². The quantitative estimate of drug-likeness (QED) is 0.810. The van der Waals surface area contributed by atoms with Gasteiger partial charge in [0.2, 0.25) is 0 Å². The molecular formula is C13H17F3N2S. The molecule has 0 radical (unpaired) electrons. The molecule has 1 rings (SSSR count). The minimum atomic E-state index is -4.45. The standard InChI is InChI=1S/C13H17F3N2S/c1-3-8(2)7-18-9-4-5-11(13(14,15)16)10(6-9)12(17)19/h4-6,8,18H,3,7H2,1-2H3,(H2,17,19). The summed E-state index contributed by atoms with van der Waals surface area (Å²) >= 11 is 4.69. The van der Waals surface area contributed by atoms with Crippen molar-refractivity contribution >= 4 is 22.9 Å². The number of rotatable bonds is 5. The third-order valence-corrected chi connectivity index (χ3v) is 3.16. The Kier molecular flexibility index (Phi) is 5.17. The number of benzene rings is 1. The third kappa shape index (κ3) is 4.38. The summed E-state index contributed by atoms with van der Waals surface area (Å²) in [5, 5.41) is 3.09. The molecule has 0 spiro atoms. The third-order valence-electron chi connectivity index (χ3n) is 2.94. The van der Waals surface area contributed by atoms with Gasteiger partial charge in [-0.1, -0.05) is 32.5 Å². The molecule has 0 saturated heterocycles. The molecule has 0 fully saturated rings. The number of nitrogens with two attached hydrogens (primary N) is 1. The van der Waals surface area contributed by atoms with Gasteiger partial charge in [-0.05, 0) is 24.1 Å². The summed E-state index contributed by atoms with van der Waals surface area (Å²) in [6, 6.07) is 3.76. The lowest BCUT2D eigenvalue weighted by Crippen LogP contribution is -2.19. The van der Waals surface area contributed by atoms with E-state index in [1.165, 1.54) is 12.1 Å². The van der Waals surface area contributed by atoms with Crippen LogP contribution in [0.25, 0.3) is 0 Å². The van der Waals surface area contributed by atoms with Crippen LogP contribution < -0.4 is 11.1 Å². The van der Waals surface area contributed by atoms with Crippen molar-refractivity contribution in [2.75, 3.05) is 11.9 Å². The topological polar surface area (TPSA) is 38.0 Å². The fourth-order valence-electron chi connectivity index (χ4n) is 1.54. The highest BCUT2D eigenvalue weighted by Crippen LogP contribution is 2.33. The van der Waals surface area contributed by atoms with E-state index in [0.717, 1.165) is 12.5 Å². The van der Waals surface area contributed by atoms with E-state index in [1.54, 1.807) is 0 Å². The van der Waals surface area contributed by atoms with Gasteiger partial charge in [-0.2, -0.15) is 13.2 Å². The average Bonchev–Trinajstić information content (AvgIpc) is 2.34. The molecule has 0 bridgehead atoms. The first-order valence-corrected chi connectivity index (χ1v) is 6.41. The zero-order chi connectivity index (χ0) is 14.6. The molecule has 0 aliphatic carbocycles. The van der Waals surface area contributed by atoms with Gasteiger partial charge >= 0.3 is 6.18 Å². The molecule has 1 unspecified atom stereocenters. The van der Waals surface area contributed by atoms with Crippen molar-refractivity contribution in [2.24, 2.45) is 11.7 Å². The Hall–Kier alpha value is -1.30. The molecule has 0 aromatic heterocycles. The first-order chi connectivity index (χ1) is 8.75. The first-order valence-electron chi connectivity index (χ1n) is 6.00.